The molecule has 0 heterocycles. The summed E-state index contributed by atoms with van der Waals surface area (Å²) in [5.41, 5.74) is 0. The van der Waals surface area contributed by atoms with Gasteiger partial charge in [0.1, 0.15) is 13.2 Å². The van der Waals surface area contributed by atoms with Gasteiger partial charge < -0.3 is 28.8 Å². The number of phosphoric ester groups is 1. The van der Waals surface area contributed by atoms with Crippen LogP contribution in [0.3, 0.4) is 0 Å². The van der Waals surface area contributed by atoms with Gasteiger partial charge in [-0.2, -0.15) is 0 Å². The summed E-state index contributed by atoms with van der Waals surface area (Å²) >= 11 is 0. The molecule has 0 fully saturated rings. The molecule has 0 radical (unpaired) electrons. The van der Waals surface area contributed by atoms with Crippen molar-refractivity contribution in [2.75, 3.05) is 40.9 Å². The van der Waals surface area contributed by atoms with Crippen molar-refractivity contribution in [3.05, 3.63) is 60.8 Å². The van der Waals surface area contributed by atoms with Gasteiger partial charge in [-0.05, 0) is 71.1 Å². The Hall–Kier alpha value is -1.80. The number of rotatable bonds is 52. The standard InChI is InChI=1S/C59H111N2O6P/c1-6-8-10-12-14-16-17-18-19-20-21-22-23-24-25-26-27-28-29-30-31-32-33-34-35-36-37-38-39-40-41-42-43-45-47-49-51-53-59(63)60-57(56-67-68(64,65)66-55-54-61(3,4)5)58(62)52-50-48-46-44-15-13-11-9-7-2/h7,9,15,17-18,20-21,44,50,52,57-58,62H,6,8,10-14,16,19,22-43,45-49,51,53-56H2,1-5H3,(H-,60,63,64,65)/b9-7+,18-17-,21-20-,44-15+,52-50+. The highest BCUT2D eigenvalue weighted by Gasteiger charge is 2.23. The quantitative estimate of drug-likeness (QED) is 0.0272. The van der Waals surface area contributed by atoms with Crippen LogP contribution in [0.25, 0.3) is 0 Å². The van der Waals surface area contributed by atoms with Gasteiger partial charge in [-0.25, -0.2) is 0 Å². The second kappa shape index (κ2) is 50.2. The predicted molar refractivity (Wildman–Crippen MR) is 293 cm³/mol. The number of unbranched alkanes of at least 4 members (excludes halogenated alkanes) is 32. The first-order valence-corrected chi connectivity index (χ1v) is 30.1. The number of aliphatic hydroxyl groups excluding tert-OH is 1. The Bertz CT molecular complexity index is 1290. The lowest BCUT2D eigenvalue weighted by molar-refractivity contribution is -0.870. The molecule has 0 saturated heterocycles. The number of phosphoric acid groups is 1. The lowest BCUT2D eigenvalue weighted by Gasteiger charge is -2.29. The molecule has 0 saturated carbocycles. The second-order valence-corrected chi connectivity index (χ2v) is 22.0. The van der Waals surface area contributed by atoms with Crippen LogP contribution in [0.4, 0.5) is 0 Å². The van der Waals surface area contributed by atoms with Crippen molar-refractivity contribution in [2.45, 2.75) is 270 Å². The van der Waals surface area contributed by atoms with E-state index in [1.807, 2.05) is 40.2 Å². The van der Waals surface area contributed by atoms with Crippen LogP contribution >= 0.6 is 7.82 Å². The van der Waals surface area contributed by atoms with Crippen molar-refractivity contribution in [1.29, 1.82) is 0 Å². The molecular formula is C59H111N2O6P. The van der Waals surface area contributed by atoms with Crippen molar-refractivity contribution >= 4 is 13.7 Å². The zero-order chi connectivity index (χ0) is 49.9. The monoisotopic (exact) mass is 975 g/mol. The molecule has 0 aliphatic rings. The number of hydrogen-bond donors (Lipinski definition) is 2. The smallest absolute Gasteiger partial charge is 0.268 e. The highest BCUT2D eigenvalue weighted by atomic mass is 31.2. The van der Waals surface area contributed by atoms with Crippen molar-refractivity contribution in [3.8, 4) is 0 Å². The second-order valence-electron chi connectivity index (χ2n) is 20.6. The van der Waals surface area contributed by atoms with Crippen LogP contribution in [0.1, 0.15) is 258 Å². The molecule has 0 aliphatic carbocycles. The normalized spacial score (nSPS) is 14.4. The molecular weight excluding hydrogens is 864 g/mol. The van der Waals surface area contributed by atoms with E-state index in [1.165, 1.54) is 186 Å². The zero-order valence-corrected chi connectivity index (χ0v) is 46.2. The van der Waals surface area contributed by atoms with Gasteiger partial charge in [-0.3, -0.25) is 9.36 Å². The fourth-order valence-electron chi connectivity index (χ4n) is 8.28. The third-order valence-corrected chi connectivity index (χ3v) is 13.7. The third kappa shape index (κ3) is 52.0. The summed E-state index contributed by atoms with van der Waals surface area (Å²) in [6, 6.07) is -0.907. The number of carbonyl (C=O) groups excluding carboxylic acids is 1. The summed E-state index contributed by atoms with van der Waals surface area (Å²) in [5, 5.41) is 13.7. The van der Waals surface area contributed by atoms with Crippen molar-refractivity contribution in [2.24, 2.45) is 0 Å². The molecule has 0 bridgehead atoms. The van der Waals surface area contributed by atoms with Gasteiger partial charge in [-0.1, -0.05) is 241 Å². The van der Waals surface area contributed by atoms with E-state index in [-0.39, 0.29) is 12.5 Å². The van der Waals surface area contributed by atoms with Gasteiger partial charge in [0.2, 0.25) is 5.91 Å². The molecule has 1 amide bonds. The van der Waals surface area contributed by atoms with Crippen molar-refractivity contribution < 1.29 is 32.9 Å². The number of nitrogens with zero attached hydrogens (tertiary/aromatic N) is 1. The molecule has 8 nitrogen and oxygen atoms in total. The number of nitrogens with one attached hydrogen (secondary N) is 1. The zero-order valence-electron chi connectivity index (χ0n) is 45.3. The average molecular weight is 976 g/mol. The Labute approximate surface area is 422 Å². The molecule has 0 aromatic rings. The summed E-state index contributed by atoms with van der Waals surface area (Å²) in [6.07, 6.45) is 67.9. The van der Waals surface area contributed by atoms with Crippen LogP contribution in [0.2, 0.25) is 0 Å². The fraction of sp³-hybridized carbons (Fsp3) is 0.814. The van der Waals surface area contributed by atoms with Crippen molar-refractivity contribution in [3.63, 3.8) is 0 Å². The molecule has 3 unspecified atom stereocenters. The summed E-state index contributed by atoms with van der Waals surface area (Å²) in [6.45, 7) is 4.38. The molecule has 0 aliphatic heterocycles. The van der Waals surface area contributed by atoms with E-state index in [0.29, 0.717) is 17.4 Å². The first kappa shape index (κ1) is 66.2. The summed E-state index contributed by atoms with van der Waals surface area (Å²) in [5.74, 6) is -0.212. The number of aliphatic hydroxyl groups is 1. The van der Waals surface area contributed by atoms with Gasteiger partial charge in [0.05, 0.1) is 39.9 Å². The Kier molecular flexibility index (Phi) is 48.8. The highest BCUT2D eigenvalue weighted by Crippen LogP contribution is 2.38. The number of likely N-dealkylation sites (N-methyl/N-ethyl adjacent to an activating group) is 1. The van der Waals surface area contributed by atoms with Crippen molar-refractivity contribution in [1.82, 2.24) is 5.32 Å². The van der Waals surface area contributed by atoms with Gasteiger partial charge in [0.15, 0.2) is 0 Å². The molecule has 9 heteroatoms. The Morgan fingerprint density at radius 3 is 1.35 bits per heavy atom. The van der Waals surface area contributed by atoms with Gasteiger partial charge >= 0.3 is 0 Å². The molecule has 68 heavy (non-hydrogen) atoms. The molecule has 0 spiro atoms. The molecule has 0 rings (SSSR count). The van der Waals surface area contributed by atoms with E-state index in [0.717, 1.165) is 51.4 Å². The average Bonchev–Trinajstić information content (AvgIpc) is 3.30. The van der Waals surface area contributed by atoms with E-state index in [4.69, 9.17) is 9.05 Å². The van der Waals surface area contributed by atoms with E-state index >= 15 is 0 Å². The van der Waals surface area contributed by atoms with Gasteiger partial charge in [-0.15, -0.1) is 0 Å². The lowest BCUT2D eigenvalue weighted by atomic mass is 10.0. The molecule has 3 atom stereocenters. The Morgan fingerprint density at radius 1 is 0.544 bits per heavy atom. The third-order valence-electron chi connectivity index (χ3n) is 12.8. The fourth-order valence-corrected chi connectivity index (χ4v) is 9.01. The molecule has 2 N–H and O–H groups in total. The summed E-state index contributed by atoms with van der Waals surface area (Å²) in [4.78, 5) is 25.3. The Morgan fingerprint density at radius 2 is 0.926 bits per heavy atom. The highest BCUT2D eigenvalue weighted by molar-refractivity contribution is 7.45. The molecule has 0 aromatic heterocycles. The maximum Gasteiger partial charge on any atom is 0.268 e. The number of carbonyl (C=O) groups is 1. The molecule has 398 valence electrons. The minimum absolute atomic E-state index is 0.00955. The van der Waals surface area contributed by atoms with E-state index in [2.05, 4.69) is 54.8 Å². The Balaban J connectivity index is 3.84. The summed E-state index contributed by atoms with van der Waals surface area (Å²) in [7, 11) is 1.23. The minimum atomic E-state index is -4.60. The largest absolute Gasteiger partial charge is 0.756 e. The topological polar surface area (TPSA) is 108 Å². The first-order valence-electron chi connectivity index (χ1n) is 28.6. The lowest BCUT2D eigenvalue weighted by Crippen LogP contribution is -2.45. The number of quaternary nitrogens is 1. The van der Waals surface area contributed by atoms with Crippen LogP contribution in [0.5, 0.6) is 0 Å². The van der Waals surface area contributed by atoms with Crippen LogP contribution < -0.4 is 10.2 Å². The van der Waals surface area contributed by atoms with Crippen LogP contribution in [0.15, 0.2) is 60.8 Å². The van der Waals surface area contributed by atoms with E-state index in [1.54, 1.807) is 6.08 Å². The number of hydrogen-bond acceptors (Lipinski definition) is 6. The van der Waals surface area contributed by atoms with Crippen LogP contribution in [-0.4, -0.2) is 68.5 Å². The van der Waals surface area contributed by atoms with E-state index in [9.17, 15) is 19.4 Å². The number of allylic oxidation sites excluding steroid dienone is 9. The maximum atomic E-state index is 12.9. The maximum absolute atomic E-state index is 12.9. The summed E-state index contributed by atoms with van der Waals surface area (Å²) < 4.78 is 23.2. The number of amides is 1. The SMILES string of the molecule is C/C=C/CC/C=C/CC/C=C/C(O)C(COP(=O)([O-])OCC[N+](C)(C)C)NC(=O)CCCCCCCCCCCCCCCCCCCCCCCCCCC/C=C\C/C=C\CCCCCCC. The first-order chi connectivity index (χ1) is 33.0. The van der Waals surface area contributed by atoms with E-state index < -0.39 is 26.6 Å². The van der Waals surface area contributed by atoms with Gasteiger partial charge in [0.25, 0.3) is 7.82 Å². The predicted octanol–water partition coefficient (Wildman–Crippen LogP) is 16.7. The van der Waals surface area contributed by atoms with Gasteiger partial charge in [0, 0.05) is 6.42 Å². The minimum Gasteiger partial charge on any atom is -0.756 e. The van der Waals surface area contributed by atoms with Crippen LogP contribution in [-0.2, 0) is 18.4 Å². The molecule has 0 aromatic carbocycles. The van der Waals surface area contributed by atoms with Crippen LogP contribution in [0, 0.1) is 0 Å².